The number of ether oxygens (including phenoxy) is 2. The molecule has 1 aliphatic rings. The number of carbonyl (C=O) groups excluding carboxylic acids is 2. The highest BCUT2D eigenvalue weighted by molar-refractivity contribution is 6.83. The molecular formula is C19H23NO4Si. The fourth-order valence-corrected chi connectivity index (χ4v) is 2.97. The Bertz CT molecular complexity index is 768. The van der Waals surface area contributed by atoms with E-state index in [9.17, 15) is 9.59 Å². The summed E-state index contributed by atoms with van der Waals surface area (Å²) in [5, 5.41) is 0. The van der Waals surface area contributed by atoms with Gasteiger partial charge in [0, 0.05) is 0 Å². The first-order valence-electron chi connectivity index (χ1n) is 8.16. The highest BCUT2D eigenvalue weighted by Gasteiger charge is 2.29. The van der Waals surface area contributed by atoms with Crippen LogP contribution in [0, 0.1) is 11.5 Å². The van der Waals surface area contributed by atoms with Crippen LogP contribution >= 0.6 is 0 Å². The van der Waals surface area contributed by atoms with Crippen LogP contribution in [0.4, 0.5) is 10.5 Å². The number of fused-ring (bicyclic) bond motifs is 1. The first-order chi connectivity index (χ1) is 11.8. The van der Waals surface area contributed by atoms with Crippen molar-refractivity contribution in [3.8, 4) is 11.5 Å². The van der Waals surface area contributed by atoms with E-state index < -0.39 is 20.1 Å². The zero-order chi connectivity index (χ0) is 18.6. The van der Waals surface area contributed by atoms with E-state index in [1.165, 1.54) is 12.0 Å². The van der Waals surface area contributed by atoms with Crippen molar-refractivity contribution in [2.24, 2.45) is 0 Å². The van der Waals surface area contributed by atoms with Crippen LogP contribution in [0.5, 0.6) is 0 Å². The highest BCUT2D eigenvalue weighted by Crippen LogP contribution is 2.31. The molecule has 0 aliphatic carbocycles. The van der Waals surface area contributed by atoms with E-state index >= 15 is 0 Å². The topological polar surface area (TPSA) is 55.8 Å². The number of nitrogens with zero attached hydrogens (tertiary/aromatic N) is 1. The SMILES string of the molecule is CCOC(=O)N1c2ccc(C(=O)OC)cc2C=C[C@H]1C#C[Si](C)(C)C. The van der Waals surface area contributed by atoms with E-state index in [0.717, 1.165) is 5.56 Å². The van der Waals surface area contributed by atoms with E-state index in [1.54, 1.807) is 25.1 Å². The van der Waals surface area contributed by atoms with Crippen LogP contribution in [-0.4, -0.2) is 39.9 Å². The van der Waals surface area contributed by atoms with Gasteiger partial charge in [0.25, 0.3) is 0 Å². The van der Waals surface area contributed by atoms with Gasteiger partial charge >= 0.3 is 12.1 Å². The van der Waals surface area contributed by atoms with Crippen LogP contribution in [-0.2, 0) is 9.47 Å². The van der Waals surface area contributed by atoms with Crippen molar-refractivity contribution in [3.05, 3.63) is 35.4 Å². The minimum absolute atomic E-state index is 0.281. The molecule has 1 aromatic carbocycles. The molecule has 1 aromatic rings. The Kier molecular flexibility index (Phi) is 5.70. The van der Waals surface area contributed by atoms with Crippen molar-refractivity contribution >= 4 is 31.9 Å². The minimum Gasteiger partial charge on any atom is -0.465 e. The molecule has 1 amide bonds. The molecule has 0 radical (unpaired) electrons. The van der Waals surface area contributed by atoms with Crippen LogP contribution in [0.3, 0.4) is 0 Å². The smallest absolute Gasteiger partial charge is 0.415 e. The second-order valence-electron chi connectivity index (χ2n) is 6.66. The van der Waals surface area contributed by atoms with Gasteiger partial charge in [0.15, 0.2) is 0 Å². The Hall–Kier alpha value is -2.52. The first-order valence-corrected chi connectivity index (χ1v) is 11.7. The summed E-state index contributed by atoms with van der Waals surface area (Å²) in [6.07, 6.45) is 3.28. The number of carbonyl (C=O) groups is 2. The summed E-state index contributed by atoms with van der Waals surface area (Å²) in [6.45, 7) is 8.50. The minimum atomic E-state index is -1.58. The number of hydrogen-bond acceptors (Lipinski definition) is 4. The Morgan fingerprint density at radius 2 is 2.00 bits per heavy atom. The molecule has 5 nitrogen and oxygen atoms in total. The van der Waals surface area contributed by atoms with Crippen molar-refractivity contribution in [3.63, 3.8) is 0 Å². The van der Waals surface area contributed by atoms with Gasteiger partial charge in [-0.25, -0.2) is 9.59 Å². The van der Waals surface area contributed by atoms with Gasteiger partial charge in [0.1, 0.15) is 14.1 Å². The average molecular weight is 357 g/mol. The monoisotopic (exact) mass is 357 g/mol. The predicted octanol–water partition coefficient (Wildman–Crippen LogP) is 3.71. The zero-order valence-electron chi connectivity index (χ0n) is 15.3. The maximum Gasteiger partial charge on any atom is 0.415 e. The molecule has 0 saturated carbocycles. The number of hydrogen-bond donors (Lipinski definition) is 0. The van der Waals surface area contributed by atoms with Gasteiger partial charge in [0.05, 0.1) is 25.0 Å². The van der Waals surface area contributed by atoms with E-state index in [1.807, 2.05) is 12.2 Å². The molecule has 0 fully saturated rings. The van der Waals surface area contributed by atoms with Crippen molar-refractivity contribution in [2.75, 3.05) is 18.6 Å². The number of amides is 1. The van der Waals surface area contributed by atoms with E-state index in [0.29, 0.717) is 11.3 Å². The van der Waals surface area contributed by atoms with Crippen molar-refractivity contribution in [1.82, 2.24) is 0 Å². The summed E-state index contributed by atoms with van der Waals surface area (Å²) < 4.78 is 9.96. The first kappa shape index (κ1) is 18.8. The Balaban J connectivity index is 2.47. The molecule has 1 atom stereocenters. The lowest BCUT2D eigenvalue weighted by Crippen LogP contribution is -2.41. The molecule has 25 heavy (non-hydrogen) atoms. The fraction of sp³-hybridized carbons (Fsp3) is 0.368. The van der Waals surface area contributed by atoms with Gasteiger partial charge in [0.2, 0.25) is 0 Å². The zero-order valence-corrected chi connectivity index (χ0v) is 16.3. The Morgan fingerprint density at radius 3 is 2.60 bits per heavy atom. The van der Waals surface area contributed by atoms with E-state index in [-0.39, 0.29) is 12.6 Å². The molecule has 0 N–H and O–H groups in total. The third-order valence-corrected chi connectivity index (χ3v) is 4.40. The lowest BCUT2D eigenvalue weighted by molar-refractivity contribution is 0.0600. The number of esters is 1. The molecule has 0 aromatic heterocycles. The largest absolute Gasteiger partial charge is 0.465 e. The van der Waals surface area contributed by atoms with Gasteiger partial charge in [-0.3, -0.25) is 4.90 Å². The molecule has 0 saturated heterocycles. The van der Waals surface area contributed by atoms with Gasteiger partial charge in [-0.1, -0.05) is 31.6 Å². The van der Waals surface area contributed by atoms with Gasteiger partial charge in [-0.2, -0.15) is 0 Å². The summed E-state index contributed by atoms with van der Waals surface area (Å²) >= 11 is 0. The lowest BCUT2D eigenvalue weighted by atomic mass is 10.0. The van der Waals surface area contributed by atoms with Crippen LogP contribution < -0.4 is 4.90 Å². The summed E-state index contributed by atoms with van der Waals surface area (Å²) in [7, 11) is -0.242. The van der Waals surface area contributed by atoms with Crippen molar-refractivity contribution in [2.45, 2.75) is 32.6 Å². The van der Waals surface area contributed by atoms with Crippen LogP contribution in [0.1, 0.15) is 22.8 Å². The molecule has 0 unspecified atom stereocenters. The average Bonchev–Trinajstić information content (AvgIpc) is 2.57. The molecule has 1 heterocycles. The van der Waals surface area contributed by atoms with Crippen molar-refractivity contribution < 1.29 is 19.1 Å². The number of rotatable bonds is 2. The third-order valence-electron chi connectivity index (χ3n) is 3.50. The number of anilines is 1. The molecular weight excluding hydrogens is 334 g/mol. The summed E-state index contributed by atoms with van der Waals surface area (Å²) in [4.78, 5) is 25.8. The summed E-state index contributed by atoms with van der Waals surface area (Å²) in [5.41, 5.74) is 5.16. The second-order valence-corrected chi connectivity index (χ2v) is 11.4. The molecule has 0 spiro atoms. The molecule has 0 bridgehead atoms. The molecule has 6 heteroatoms. The summed E-state index contributed by atoms with van der Waals surface area (Å²) in [6, 6.07) is 4.68. The maximum atomic E-state index is 12.5. The normalized spacial score (nSPS) is 15.7. The summed E-state index contributed by atoms with van der Waals surface area (Å²) in [5.74, 6) is 2.78. The van der Waals surface area contributed by atoms with E-state index in [2.05, 4.69) is 31.1 Å². The van der Waals surface area contributed by atoms with Crippen LogP contribution in [0.15, 0.2) is 24.3 Å². The van der Waals surface area contributed by atoms with Crippen LogP contribution in [0.25, 0.3) is 6.08 Å². The molecule has 1 aliphatic heterocycles. The van der Waals surface area contributed by atoms with E-state index in [4.69, 9.17) is 9.47 Å². The second kappa shape index (κ2) is 7.58. The van der Waals surface area contributed by atoms with Crippen LogP contribution in [0.2, 0.25) is 19.6 Å². The maximum absolute atomic E-state index is 12.5. The van der Waals surface area contributed by atoms with Gasteiger partial charge < -0.3 is 9.47 Å². The lowest BCUT2D eigenvalue weighted by Gasteiger charge is -2.30. The molecule has 132 valence electrons. The van der Waals surface area contributed by atoms with Crippen molar-refractivity contribution in [1.29, 1.82) is 0 Å². The quantitative estimate of drug-likeness (QED) is 0.460. The Morgan fingerprint density at radius 1 is 1.28 bits per heavy atom. The standard InChI is InChI=1S/C19H23NO4Si/c1-6-24-19(22)20-16(11-12-25(3,4)5)9-7-14-13-15(18(21)23-2)8-10-17(14)20/h7-10,13,16H,6H2,1-5H3/t16-/m0/s1. The fourth-order valence-electron chi connectivity index (χ4n) is 2.39. The third kappa shape index (κ3) is 4.52. The highest BCUT2D eigenvalue weighted by atomic mass is 28.3. The number of benzene rings is 1. The number of methoxy groups -OCH3 is 1. The Labute approximate surface area is 149 Å². The predicted molar refractivity (Wildman–Crippen MR) is 101 cm³/mol. The van der Waals surface area contributed by atoms with Gasteiger partial charge in [-0.05, 0) is 36.8 Å². The molecule has 2 rings (SSSR count). The van der Waals surface area contributed by atoms with Gasteiger partial charge in [-0.15, -0.1) is 5.54 Å².